The minimum absolute atomic E-state index is 0.0924. The van der Waals surface area contributed by atoms with Crippen molar-refractivity contribution in [3.8, 4) is 6.07 Å². The summed E-state index contributed by atoms with van der Waals surface area (Å²) in [5.74, 6) is 0.204. The van der Waals surface area contributed by atoms with E-state index in [1.807, 2.05) is 6.92 Å². The predicted octanol–water partition coefficient (Wildman–Crippen LogP) is 0.668. The zero-order chi connectivity index (χ0) is 17.5. The molecule has 0 atom stereocenters. The topological polar surface area (TPSA) is 118 Å². The minimum atomic E-state index is -0.162. The molecule has 2 N–H and O–H groups in total. The van der Waals surface area contributed by atoms with Crippen LogP contribution in [0.4, 0.5) is 11.5 Å². The smallest absolute Gasteiger partial charge is 0.241 e. The van der Waals surface area contributed by atoms with Crippen LogP contribution < -0.4 is 10.6 Å². The zero-order valence-electron chi connectivity index (χ0n) is 13.8. The average molecular weight is 329 g/mol. The number of nitriles is 1. The molecule has 2 aromatic rings. The highest BCUT2D eigenvalue weighted by atomic mass is 16.5. The van der Waals surface area contributed by atoms with Crippen molar-refractivity contribution in [2.45, 2.75) is 20.4 Å². The quantitative estimate of drug-likeness (QED) is 0.717. The van der Waals surface area contributed by atoms with Gasteiger partial charge < -0.3 is 15.4 Å². The van der Waals surface area contributed by atoms with Gasteiger partial charge in [0.15, 0.2) is 5.82 Å². The number of nitrogens with zero attached hydrogens (tertiary/aromatic N) is 5. The maximum Gasteiger partial charge on any atom is 0.241 e. The first-order chi connectivity index (χ1) is 11.5. The molecule has 0 aromatic carbocycles. The molecule has 9 heteroatoms. The van der Waals surface area contributed by atoms with Crippen LogP contribution in [0.2, 0.25) is 0 Å². The fourth-order valence-corrected chi connectivity index (χ4v) is 1.98. The zero-order valence-corrected chi connectivity index (χ0v) is 13.8. The number of amides is 1. The second-order valence-electron chi connectivity index (χ2n) is 5.14. The van der Waals surface area contributed by atoms with E-state index in [2.05, 4.69) is 32.0 Å². The van der Waals surface area contributed by atoms with Crippen molar-refractivity contribution in [3.05, 3.63) is 29.2 Å². The molecule has 0 unspecified atom stereocenters. The van der Waals surface area contributed by atoms with Crippen molar-refractivity contribution in [2.24, 2.45) is 0 Å². The molecule has 24 heavy (non-hydrogen) atoms. The van der Waals surface area contributed by atoms with Crippen LogP contribution in [0.15, 0.2) is 12.4 Å². The normalized spacial score (nSPS) is 10.2. The summed E-state index contributed by atoms with van der Waals surface area (Å²) in [4.78, 5) is 11.7. The Morgan fingerprint density at radius 2 is 2.21 bits per heavy atom. The van der Waals surface area contributed by atoms with Gasteiger partial charge in [-0.3, -0.25) is 9.48 Å². The van der Waals surface area contributed by atoms with Crippen LogP contribution in [0.3, 0.4) is 0 Å². The van der Waals surface area contributed by atoms with Crippen molar-refractivity contribution < 1.29 is 9.53 Å². The predicted molar refractivity (Wildman–Crippen MR) is 86.6 cm³/mol. The highest BCUT2D eigenvalue weighted by Gasteiger charge is 2.12. The number of anilines is 2. The van der Waals surface area contributed by atoms with Crippen LogP contribution in [0.25, 0.3) is 0 Å². The molecular formula is C15H19N7O2. The molecule has 0 saturated carbocycles. The highest BCUT2D eigenvalue weighted by Crippen LogP contribution is 2.21. The summed E-state index contributed by atoms with van der Waals surface area (Å²) in [6, 6.07) is 2.12. The Morgan fingerprint density at radius 3 is 2.92 bits per heavy atom. The second kappa shape index (κ2) is 8.03. The van der Waals surface area contributed by atoms with Crippen LogP contribution >= 0.6 is 0 Å². The van der Waals surface area contributed by atoms with E-state index in [0.717, 1.165) is 5.56 Å². The molecule has 0 spiro atoms. The third-order valence-electron chi connectivity index (χ3n) is 3.40. The molecule has 0 radical (unpaired) electrons. The van der Waals surface area contributed by atoms with E-state index in [-0.39, 0.29) is 12.5 Å². The first kappa shape index (κ1) is 17.4. The first-order valence-corrected chi connectivity index (χ1v) is 7.34. The second-order valence-corrected chi connectivity index (χ2v) is 5.14. The monoisotopic (exact) mass is 329 g/mol. The van der Waals surface area contributed by atoms with E-state index >= 15 is 0 Å². The van der Waals surface area contributed by atoms with Crippen LogP contribution in [0.5, 0.6) is 0 Å². The molecule has 0 aliphatic heterocycles. The summed E-state index contributed by atoms with van der Waals surface area (Å²) < 4.78 is 6.36. The van der Waals surface area contributed by atoms with Crippen LogP contribution in [0.1, 0.15) is 16.8 Å². The van der Waals surface area contributed by atoms with E-state index in [9.17, 15) is 10.1 Å². The summed E-state index contributed by atoms with van der Waals surface area (Å²) in [6.07, 6.45) is 3.22. The molecule has 0 bridgehead atoms. The molecule has 2 heterocycles. The maximum atomic E-state index is 11.7. The number of carbonyl (C=O) groups excluding carboxylic acids is 1. The number of rotatable bonds is 7. The Hall–Kier alpha value is -2.99. The van der Waals surface area contributed by atoms with Gasteiger partial charge in [-0.25, -0.2) is 0 Å². The van der Waals surface area contributed by atoms with Gasteiger partial charge in [-0.05, 0) is 19.4 Å². The van der Waals surface area contributed by atoms with Gasteiger partial charge in [0.1, 0.15) is 18.2 Å². The third-order valence-corrected chi connectivity index (χ3v) is 3.40. The van der Waals surface area contributed by atoms with Crippen molar-refractivity contribution in [1.82, 2.24) is 25.3 Å². The number of carbonyl (C=O) groups is 1. The van der Waals surface area contributed by atoms with Crippen molar-refractivity contribution in [2.75, 3.05) is 25.6 Å². The van der Waals surface area contributed by atoms with Gasteiger partial charge in [0.05, 0.1) is 24.2 Å². The fraction of sp³-hybridized carbons (Fsp3) is 0.400. The molecule has 9 nitrogen and oxygen atoms in total. The largest absolute Gasteiger partial charge is 0.383 e. The summed E-state index contributed by atoms with van der Waals surface area (Å²) in [5, 5.41) is 27.1. The van der Waals surface area contributed by atoms with Gasteiger partial charge in [0.2, 0.25) is 5.91 Å². The molecule has 0 fully saturated rings. The number of methoxy groups -OCH3 is 1. The molecule has 0 saturated heterocycles. The van der Waals surface area contributed by atoms with E-state index in [1.54, 1.807) is 26.4 Å². The van der Waals surface area contributed by atoms with Crippen LogP contribution in [-0.4, -0.2) is 46.1 Å². The summed E-state index contributed by atoms with van der Waals surface area (Å²) in [5.41, 5.74) is 2.54. The third kappa shape index (κ3) is 4.27. The van der Waals surface area contributed by atoms with E-state index < -0.39 is 0 Å². The number of aromatic nitrogens is 4. The summed E-state index contributed by atoms with van der Waals surface area (Å²) >= 11 is 0. The summed E-state index contributed by atoms with van der Waals surface area (Å²) in [7, 11) is 1.57. The standard InChI is InChI=1S/C15H19N7O2/c1-10-11(2)20-21-15(13(10)6-16)19-12-7-18-22(8-12)9-14(23)17-4-5-24-3/h7-8H,4-5,9H2,1-3H3,(H,17,23)(H,19,21). The van der Waals surface area contributed by atoms with Crippen molar-refractivity contribution >= 4 is 17.4 Å². The maximum absolute atomic E-state index is 11.7. The Labute approximate surface area is 139 Å². The van der Waals surface area contributed by atoms with Gasteiger partial charge in [-0.1, -0.05) is 0 Å². The van der Waals surface area contributed by atoms with Crippen molar-refractivity contribution in [1.29, 1.82) is 5.26 Å². The lowest BCUT2D eigenvalue weighted by molar-refractivity contribution is -0.122. The number of ether oxygens (including phenoxy) is 1. The highest BCUT2D eigenvalue weighted by molar-refractivity contribution is 5.75. The molecule has 1 amide bonds. The molecule has 0 aliphatic carbocycles. The first-order valence-electron chi connectivity index (χ1n) is 7.34. The molecule has 126 valence electrons. The fourth-order valence-electron chi connectivity index (χ4n) is 1.98. The van der Waals surface area contributed by atoms with E-state index in [4.69, 9.17) is 4.74 Å². The van der Waals surface area contributed by atoms with Crippen LogP contribution in [0, 0.1) is 25.2 Å². The molecule has 0 aliphatic rings. The van der Waals surface area contributed by atoms with E-state index in [1.165, 1.54) is 4.68 Å². The Morgan fingerprint density at radius 1 is 1.42 bits per heavy atom. The number of nitrogens with one attached hydrogen (secondary N) is 2. The minimum Gasteiger partial charge on any atom is -0.383 e. The lowest BCUT2D eigenvalue weighted by Gasteiger charge is -2.07. The average Bonchev–Trinajstić information content (AvgIpc) is 2.98. The van der Waals surface area contributed by atoms with Gasteiger partial charge in [-0.2, -0.15) is 15.5 Å². The van der Waals surface area contributed by atoms with E-state index in [0.29, 0.717) is 35.9 Å². The van der Waals surface area contributed by atoms with Gasteiger partial charge in [0.25, 0.3) is 0 Å². The molecule has 2 aromatic heterocycles. The van der Waals surface area contributed by atoms with Crippen molar-refractivity contribution in [3.63, 3.8) is 0 Å². The molecule has 2 rings (SSSR count). The Balaban J connectivity index is 2.03. The lowest BCUT2D eigenvalue weighted by atomic mass is 10.1. The Kier molecular flexibility index (Phi) is 5.81. The summed E-state index contributed by atoms with van der Waals surface area (Å²) in [6.45, 7) is 4.62. The Bertz CT molecular complexity index is 764. The number of aryl methyl sites for hydroxylation is 1. The number of hydrogen-bond acceptors (Lipinski definition) is 7. The van der Waals surface area contributed by atoms with Gasteiger partial charge >= 0.3 is 0 Å². The lowest BCUT2D eigenvalue weighted by Crippen LogP contribution is -2.30. The van der Waals surface area contributed by atoms with Crippen LogP contribution in [-0.2, 0) is 16.1 Å². The SMILES string of the molecule is COCCNC(=O)Cn1cc(Nc2nnc(C)c(C)c2C#N)cn1. The van der Waals surface area contributed by atoms with Gasteiger partial charge in [0, 0.05) is 19.9 Å². The number of hydrogen-bond donors (Lipinski definition) is 2. The molecular weight excluding hydrogens is 310 g/mol. The van der Waals surface area contributed by atoms with Gasteiger partial charge in [-0.15, -0.1) is 5.10 Å².